The number of halogens is 3. The van der Waals surface area contributed by atoms with Gasteiger partial charge in [-0.1, -0.05) is 29.8 Å². The Morgan fingerprint density at radius 1 is 1.26 bits per heavy atom. The molecule has 0 atom stereocenters. The normalized spacial score (nSPS) is 11.3. The second kappa shape index (κ2) is 6.28. The summed E-state index contributed by atoms with van der Waals surface area (Å²) < 4.78 is 45.1. The molecule has 0 radical (unpaired) electrons. The van der Waals surface area contributed by atoms with Crippen molar-refractivity contribution in [2.45, 2.75) is 20.0 Å². The van der Waals surface area contributed by atoms with Crippen molar-refractivity contribution >= 4 is 12.3 Å². The highest BCUT2D eigenvalue weighted by atomic mass is 19.4. The molecule has 2 aromatic rings. The topological polar surface area (TPSA) is 59.2 Å². The minimum Gasteiger partial charge on any atom is -0.461 e. The highest BCUT2D eigenvalue weighted by molar-refractivity contribution is 5.98. The standard InChI is InChI=1S/C16H14F3NO3/c1-3-23-15(22)14-13(16(17,18)19)12(11(8-21)20-14)10-6-4-9(2)5-7-10/h4-8,20H,3H2,1-2H3. The van der Waals surface area contributed by atoms with E-state index in [1.807, 2.05) is 0 Å². The average molecular weight is 325 g/mol. The highest BCUT2D eigenvalue weighted by Crippen LogP contribution is 2.41. The van der Waals surface area contributed by atoms with Gasteiger partial charge in [-0.25, -0.2) is 4.79 Å². The molecular weight excluding hydrogens is 311 g/mol. The fourth-order valence-electron chi connectivity index (χ4n) is 2.27. The summed E-state index contributed by atoms with van der Waals surface area (Å²) in [6, 6.07) is 6.19. The first-order chi connectivity index (χ1) is 10.8. The van der Waals surface area contributed by atoms with E-state index in [0.717, 1.165) is 5.56 Å². The molecule has 122 valence electrons. The molecule has 0 aliphatic carbocycles. The van der Waals surface area contributed by atoms with Crippen LogP contribution in [0.3, 0.4) is 0 Å². The number of carbonyl (C=O) groups is 2. The number of aromatic amines is 1. The molecule has 0 aliphatic heterocycles. The van der Waals surface area contributed by atoms with Crippen LogP contribution in [0.2, 0.25) is 0 Å². The second-order valence-electron chi connectivity index (χ2n) is 4.87. The second-order valence-corrected chi connectivity index (χ2v) is 4.87. The predicted octanol–water partition coefficient (Wildman–Crippen LogP) is 4.00. The monoisotopic (exact) mass is 325 g/mol. The number of aromatic nitrogens is 1. The van der Waals surface area contributed by atoms with E-state index in [2.05, 4.69) is 9.72 Å². The third-order valence-electron chi connectivity index (χ3n) is 3.25. The third-order valence-corrected chi connectivity index (χ3v) is 3.25. The number of benzene rings is 1. The number of aldehydes is 1. The van der Waals surface area contributed by atoms with Gasteiger partial charge in [0.05, 0.1) is 17.9 Å². The van der Waals surface area contributed by atoms with Gasteiger partial charge < -0.3 is 9.72 Å². The van der Waals surface area contributed by atoms with E-state index in [0.29, 0.717) is 0 Å². The quantitative estimate of drug-likeness (QED) is 0.683. The summed E-state index contributed by atoms with van der Waals surface area (Å²) in [6.45, 7) is 3.19. The summed E-state index contributed by atoms with van der Waals surface area (Å²) in [4.78, 5) is 25.2. The molecule has 0 saturated carbocycles. The lowest BCUT2D eigenvalue weighted by Gasteiger charge is -2.11. The Labute approximate surface area is 130 Å². The van der Waals surface area contributed by atoms with Gasteiger partial charge in [0.15, 0.2) is 6.29 Å². The molecule has 0 unspecified atom stereocenters. The number of hydrogen-bond donors (Lipinski definition) is 1. The molecule has 1 N–H and O–H groups in total. The summed E-state index contributed by atoms with van der Waals surface area (Å²) in [5.74, 6) is -1.15. The Morgan fingerprint density at radius 3 is 2.35 bits per heavy atom. The van der Waals surface area contributed by atoms with Gasteiger partial charge in [0.25, 0.3) is 0 Å². The molecular formula is C16H14F3NO3. The largest absolute Gasteiger partial charge is 0.461 e. The number of carbonyl (C=O) groups excluding carboxylic acids is 2. The van der Waals surface area contributed by atoms with Gasteiger partial charge in [0.2, 0.25) is 0 Å². The maximum absolute atomic E-state index is 13.5. The fraction of sp³-hybridized carbons (Fsp3) is 0.250. The lowest BCUT2D eigenvalue weighted by Crippen LogP contribution is -2.14. The van der Waals surface area contributed by atoms with Crippen LogP contribution >= 0.6 is 0 Å². The molecule has 0 fully saturated rings. The Kier molecular flexibility index (Phi) is 4.58. The van der Waals surface area contributed by atoms with Crippen molar-refractivity contribution in [2.75, 3.05) is 6.61 Å². The van der Waals surface area contributed by atoms with Crippen molar-refractivity contribution in [3.05, 3.63) is 46.8 Å². The first kappa shape index (κ1) is 16.8. The van der Waals surface area contributed by atoms with Crippen LogP contribution in [0, 0.1) is 6.92 Å². The molecule has 7 heteroatoms. The summed E-state index contributed by atoms with van der Waals surface area (Å²) in [6.07, 6.45) is -4.56. The number of hydrogen-bond acceptors (Lipinski definition) is 3. The van der Waals surface area contributed by atoms with E-state index < -0.39 is 23.4 Å². The number of aryl methyl sites for hydroxylation is 1. The van der Waals surface area contributed by atoms with Crippen molar-refractivity contribution in [2.24, 2.45) is 0 Å². The molecule has 0 bridgehead atoms. The van der Waals surface area contributed by atoms with E-state index in [-0.39, 0.29) is 29.7 Å². The van der Waals surface area contributed by atoms with E-state index in [9.17, 15) is 22.8 Å². The van der Waals surface area contributed by atoms with Crippen LogP contribution in [-0.2, 0) is 10.9 Å². The number of esters is 1. The van der Waals surface area contributed by atoms with Crippen LogP contribution in [0.25, 0.3) is 11.1 Å². The number of nitrogens with one attached hydrogen (secondary N) is 1. The van der Waals surface area contributed by atoms with Crippen LogP contribution in [-0.4, -0.2) is 23.8 Å². The highest BCUT2D eigenvalue weighted by Gasteiger charge is 2.42. The summed E-state index contributed by atoms with van der Waals surface area (Å²) in [5.41, 5.74) is -1.58. The van der Waals surface area contributed by atoms with Crippen LogP contribution in [0.15, 0.2) is 24.3 Å². The third kappa shape index (κ3) is 3.28. The van der Waals surface area contributed by atoms with Crippen molar-refractivity contribution in [3.8, 4) is 11.1 Å². The van der Waals surface area contributed by atoms with Gasteiger partial charge in [0, 0.05) is 5.56 Å². The van der Waals surface area contributed by atoms with E-state index in [1.54, 1.807) is 19.1 Å². The predicted molar refractivity (Wildman–Crippen MR) is 77.3 cm³/mol. The molecule has 0 amide bonds. The van der Waals surface area contributed by atoms with Gasteiger partial charge in [-0.15, -0.1) is 0 Å². The summed E-state index contributed by atoms with van der Waals surface area (Å²) >= 11 is 0. The lowest BCUT2D eigenvalue weighted by atomic mass is 9.99. The maximum atomic E-state index is 13.5. The van der Waals surface area contributed by atoms with Gasteiger partial charge in [0.1, 0.15) is 5.69 Å². The molecule has 23 heavy (non-hydrogen) atoms. The maximum Gasteiger partial charge on any atom is 0.419 e. The first-order valence-corrected chi connectivity index (χ1v) is 6.82. The van der Waals surface area contributed by atoms with Crippen molar-refractivity contribution in [3.63, 3.8) is 0 Å². The number of alkyl halides is 3. The van der Waals surface area contributed by atoms with E-state index in [1.165, 1.54) is 19.1 Å². The Bertz CT molecular complexity index is 730. The van der Waals surface area contributed by atoms with Gasteiger partial charge in [-0.3, -0.25) is 4.79 Å². The number of rotatable bonds is 4. The van der Waals surface area contributed by atoms with Crippen molar-refractivity contribution in [1.29, 1.82) is 0 Å². The fourth-order valence-corrected chi connectivity index (χ4v) is 2.27. The average Bonchev–Trinajstić information content (AvgIpc) is 2.88. The Balaban J connectivity index is 2.75. The Morgan fingerprint density at radius 2 is 1.87 bits per heavy atom. The summed E-state index contributed by atoms with van der Waals surface area (Å²) in [5, 5.41) is 0. The molecule has 4 nitrogen and oxygen atoms in total. The summed E-state index contributed by atoms with van der Waals surface area (Å²) in [7, 11) is 0. The molecule has 1 aromatic carbocycles. The molecule has 1 aromatic heterocycles. The molecule has 0 aliphatic rings. The lowest BCUT2D eigenvalue weighted by molar-refractivity contribution is -0.137. The first-order valence-electron chi connectivity index (χ1n) is 6.82. The molecule has 0 spiro atoms. The van der Waals surface area contributed by atoms with Gasteiger partial charge >= 0.3 is 12.1 Å². The molecule has 0 saturated heterocycles. The number of ether oxygens (including phenoxy) is 1. The zero-order chi connectivity index (χ0) is 17.2. The van der Waals surface area contributed by atoms with Crippen LogP contribution in [0.4, 0.5) is 13.2 Å². The number of H-pyrrole nitrogens is 1. The minimum atomic E-state index is -4.82. The smallest absolute Gasteiger partial charge is 0.419 e. The van der Waals surface area contributed by atoms with Crippen molar-refractivity contribution in [1.82, 2.24) is 4.98 Å². The Hall–Kier alpha value is -2.57. The van der Waals surface area contributed by atoms with Crippen LogP contribution in [0.1, 0.15) is 39.0 Å². The minimum absolute atomic E-state index is 0.0779. The van der Waals surface area contributed by atoms with Gasteiger partial charge in [-0.2, -0.15) is 13.2 Å². The van der Waals surface area contributed by atoms with Crippen LogP contribution < -0.4 is 0 Å². The SMILES string of the molecule is CCOC(=O)c1[nH]c(C=O)c(-c2ccc(C)cc2)c1C(F)(F)F. The van der Waals surface area contributed by atoms with Gasteiger partial charge in [-0.05, 0) is 19.4 Å². The molecule has 2 rings (SSSR count). The molecule has 1 heterocycles. The zero-order valence-electron chi connectivity index (χ0n) is 12.5. The van der Waals surface area contributed by atoms with Crippen molar-refractivity contribution < 1.29 is 27.5 Å². The van der Waals surface area contributed by atoms with Crippen LogP contribution in [0.5, 0.6) is 0 Å². The zero-order valence-corrected chi connectivity index (χ0v) is 12.5. The van der Waals surface area contributed by atoms with E-state index >= 15 is 0 Å². The van der Waals surface area contributed by atoms with E-state index in [4.69, 9.17) is 0 Å².